The maximum atomic E-state index is 11.9. The highest BCUT2D eigenvalue weighted by molar-refractivity contribution is 5.92. The van der Waals surface area contributed by atoms with Gasteiger partial charge in [0.05, 0.1) is 11.7 Å². The molecule has 1 rings (SSSR count). The molecule has 0 aliphatic rings. The summed E-state index contributed by atoms with van der Waals surface area (Å²) >= 11 is 0. The SMILES string of the molecule is Cc1cc(C(=O)O)ccc1NC(=O)N(C)CCC(C)O. The Morgan fingerprint density at radius 1 is 1.40 bits per heavy atom. The molecule has 0 radical (unpaired) electrons. The highest BCUT2D eigenvalue weighted by atomic mass is 16.4. The number of nitrogens with zero attached hydrogens (tertiary/aromatic N) is 1. The molecule has 20 heavy (non-hydrogen) atoms. The van der Waals surface area contributed by atoms with Gasteiger partial charge >= 0.3 is 12.0 Å². The van der Waals surface area contributed by atoms with Crippen LogP contribution in [0, 0.1) is 6.92 Å². The zero-order valence-corrected chi connectivity index (χ0v) is 11.9. The van der Waals surface area contributed by atoms with E-state index < -0.39 is 12.1 Å². The van der Waals surface area contributed by atoms with Crippen molar-refractivity contribution in [1.82, 2.24) is 4.90 Å². The fourth-order valence-corrected chi connectivity index (χ4v) is 1.63. The number of nitrogens with one attached hydrogen (secondary N) is 1. The molecule has 0 aliphatic heterocycles. The van der Waals surface area contributed by atoms with Crippen molar-refractivity contribution >= 4 is 17.7 Å². The summed E-state index contributed by atoms with van der Waals surface area (Å²) in [6.45, 7) is 3.84. The summed E-state index contributed by atoms with van der Waals surface area (Å²) in [6, 6.07) is 4.23. The molecule has 0 heterocycles. The highest BCUT2D eigenvalue weighted by Crippen LogP contribution is 2.17. The number of carbonyl (C=O) groups is 2. The average Bonchev–Trinajstić information content (AvgIpc) is 2.37. The van der Waals surface area contributed by atoms with Gasteiger partial charge in [-0.3, -0.25) is 0 Å². The number of benzene rings is 1. The molecule has 0 fully saturated rings. The Morgan fingerprint density at radius 3 is 2.55 bits per heavy atom. The normalized spacial score (nSPS) is 11.8. The number of hydrogen-bond donors (Lipinski definition) is 3. The molecule has 0 aliphatic carbocycles. The quantitative estimate of drug-likeness (QED) is 0.768. The second kappa shape index (κ2) is 6.91. The Morgan fingerprint density at radius 2 is 2.05 bits per heavy atom. The molecule has 3 N–H and O–H groups in total. The van der Waals surface area contributed by atoms with Gasteiger partial charge in [-0.05, 0) is 44.0 Å². The smallest absolute Gasteiger partial charge is 0.335 e. The number of amides is 2. The van der Waals surface area contributed by atoms with Gasteiger partial charge in [-0.1, -0.05) is 0 Å². The largest absolute Gasteiger partial charge is 0.478 e. The molecule has 0 aromatic heterocycles. The molecule has 1 atom stereocenters. The molecular formula is C14H20N2O4. The van der Waals surface area contributed by atoms with Gasteiger partial charge in [0.2, 0.25) is 0 Å². The number of aryl methyl sites for hydroxylation is 1. The van der Waals surface area contributed by atoms with E-state index in [2.05, 4.69) is 5.32 Å². The first-order valence-corrected chi connectivity index (χ1v) is 6.35. The molecule has 1 aromatic rings. The molecule has 0 saturated heterocycles. The van der Waals surface area contributed by atoms with Crippen LogP contribution in [0.2, 0.25) is 0 Å². The highest BCUT2D eigenvalue weighted by Gasteiger charge is 2.12. The minimum atomic E-state index is -1.000. The molecular weight excluding hydrogens is 260 g/mol. The Hall–Kier alpha value is -2.08. The fraction of sp³-hybridized carbons (Fsp3) is 0.429. The second-order valence-corrected chi connectivity index (χ2v) is 4.82. The molecule has 1 unspecified atom stereocenters. The number of carbonyl (C=O) groups excluding carboxylic acids is 1. The lowest BCUT2D eigenvalue weighted by atomic mass is 10.1. The molecule has 0 spiro atoms. The first-order chi connectivity index (χ1) is 9.31. The van der Waals surface area contributed by atoms with Crippen molar-refractivity contribution in [3.8, 4) is 0 Å². The van der Waals surface area contributed by atoms with Crippen LogP contribution in [0.3, 0.4) is 0 Å². The fourth-order valence-electron chi connectivity index (χ4n) is 1.63. The van der Waals surface area contributed by atoms with Gasteiger partial charge in [0, 0.05) is 19.3 Å². The number of aliphatic hydroxyl groups is 1. The summed E-state index contributed by atoms with van der Waals surface area (Å²) in [7, 11) is 1.64. The standard InChI is InChI=1S/C14H20N2O4/c1-9-8-11(13(18)19)4-5-12(9)15-14(20)16(3)7-6-10(2)17/h4-5,8,10,17H,6-7H2,1-3H3,(H,15,20)(H,18,19). The lowest BCUT2D eigenvalue weighted by Gasteiger charge is -2.19. The second-order valence-electron chi connectivity index (χ2n) is 4.82. The maximum absolute atomic E-state index is 11.9. The van der Waals surface area contributed by atoms with Gasteiger partial charge < -0.3 is 20.4 Å². The van der Waals surface area contributed by atoms with Gasteiger partial charge in [0.15, 0.2) is 0 Å². The lowest BCUT2D eigenvalue weighted by molar-refractivity contribution is 0.0696. The van der Waals surface area contributed by atoms with E-state index in [4.69, 9.17) is 5.11 Å². The van der Waals surface area contributed by atoms with Crippen molar-refractivity contribution in [1.29, 1.82) is 0 Å². The zero-order chi connectivity index (χ0) is 15.3. The topological polar surface area (TPSA) is 89.9 Å². The third-order valence-corrected chi connectivity index (χ3v) is 2.94. The van der Waals surface area contributed by atoms with Gasteiger partial charge in [-0.15, -0.1) is 0 Å². The summed E-state index contributed by atoms with van der Waals surface area (Å²) in [5, 5.41) is 20.8. The van der Waals surface area contributed by atoms with E-state index in [0.29, 0.717) is 24.2 Å². The van der Waals surface area contributed by atoms with Crippen molar-refractivity contribution in [2.24, 2.45) is 0 Å². The monoisotopic (exact) mass is 280 g/mol. The average molecular weight is 280 g/mol. The third-order valence-electron chi connectivity index (χ3n) is 2.94. The Bertz CT molecular complexity index is 500. The maximum Gasteiger partial charge on any atom is 0.335 e. The number of aliphatic hydroxyl groups excluding tert-OH is 1. The number of hydrogen-bond acceptors (Lipinski definition) is 3. The van der Waals surface area contributed by atoms with Crippen LogP contribution in [-0.2, 0) is 0 Å². The Labute approximate surface area is 118 Å². The van der Waals surface area contributed by atoms with Gasteiger partial charge in [0.1, 0.15) is 0 Å². The molecule has 6 heteroatoms. The van der Waals surface area contributed by atoms with Gasteiger partial charge in [-0.25, -0.2) is 9.59 Å². The molecule has 0 bridgehead atoms. The number of carboxylic acid groups (broad SMARTS) is 1. The van der Waals surface area contributed by atoms with E-state index in [-0.39, 0.29) is 11.6 Å². The predicted molar refractivity (Wildman–Crippen MR) is 76.1 cm³/mol. The van der Waals surface area contributed by atoms with Gasteiger partial charge in [-0.2, -0.15) is 0 Å². The van der Waals surface area contributed by atoms with Crippen molar-refractivity contribution in [3.05, 3.63) is 29.3 Å². The third kappa shape index (κ3) is 4.55. The summed E-state index contributed by atoms with van der Waals surface area (Å²) in [4.78, 5) is 24.2. The molecule has 0 saturated carbocycles. The minimum Gasteiger partial charge on any atom is -0.478 e. The van der Waals surface area contributed by atoms with Crippen molar-refractivity contribution in [2.45, 2.75) is 26.4 Å². The van der Waals surface area contributed by atoms with Crippen molar-refractivity contribution in [2.75, 3.05) is 18.9 Å². The van der Waals surface area contributed by atoms with E-state index >= 15 is 0 Å². The van der Waals surface area contributed by atoms with Crippen LogP contribution in [0.4, 0.5) is 10.5 Å². The summed E-state index contributed by atoms with van der Waals surface area (Å²) in [5.74, 6) is -1.000. The van der Waals surface area contributed by atoms with Gasteiger partial charge in [0.25, 0.3) is 0 Å². The van der Waals surface area contributed by atoms with E-state index in [1.807, 2.05) is 0 Å². The van der Waals surface area contributed by atoms with Crippen LogP contribution in [0.1, 0.15) is 29.3 Å². The minimum absolute atomic E-state index is 0.183. The van der Waals surface area contributed by atoms with E-state index in [9.17, 15) is 14.7 Å². The van der Waals surface area contributed by atoms with Crippen LogP contribution in [0.5, 0.6) is 0 Å². The summed E-state index contributed by atoms with van der Waals surface area (Å²) < 4.78 is 0. The van der Waals surface area contributed by atoms with Crippen molar-refractivity contribution in [3.63, 3.8) is 0 Å². The lowest BCUT2D eigenvalue weighted by Crippen LogP contribution is -2.33. The first-order valence-electron chi connectivity index (χ1n) is 6.35. The Kier molecular flexibility index (Phi) is 5.52. The first kappa shape index (κ1) is 16.0. The summed E-state index contributed by atoms with van der Waals surface area (Å²) in [6.07, 6.45) is 0.0442. The number of anilines is 1. The molecule has 2 amide bonds. The van der Waals surface area contributed by atoms with Crippen LogP contribution in [0.25, 0.3) is 0 Å². The van der Waals surface area contributed by atoms with Crippen LogP contribution in [0.15, 0.2) is 18.2 Å². The van der Waals surface area contributed by atoms with Crippen LogP contribution in [-0.4, -0.2) is 46.8 Å². The Balaban J connectivity index is 2.68. The molecule has 6 nitrogen and oxygen atoms in total. The van der Waals surface area contributed by atoms with E-state index in [1.165, 1.54) is 17.0 Å². The zero-order valence-electron chi connectivity index (χ0n) is 11.9. The number of urea groups is 1. The molecule has 110 valence electrons. The summed E-state index contributed by atoms with van der Waals surface area (Å²) in [5.41, 5.74) is 1.44. The van der Waals surface area contributed by atoms with E-state index in [0.717, 1.165) is 0 Å². The number of carboxylic acids is 1. The van der Waals surface area contributed by atoms with E-state index in [1.54, 1.807) is 27.0 Å². The number of rotatable bonds is 5. The molecule has 1 aromatic carbocycles. The van der Waals surface area contributed by atoms with Crippen LogP contribution < -0.4 is 5.32 Å². The van der Waals surface area contributed by atoms with Crippen molar-refractivity contribution < 1.29 is 19.8 Å². The predicted octanol–water partition coefficient (Wildman–Crippen LogP) is 1.93. The van der Waals surface area contributed by atoms with Crippen LogP contribution >= 0.6 is 0 Å². The number of aromatic carboxylic acids is 1.